The maximum absolute atomic E-state index is 11.7. The Kier molecular flexibility index (Phi) is 5.92. The molecule has 0 aromatic rings. The van der Waals surface area contributed by atoms with Crippen LogP contribution in [0.1, 0.15) is 60.8 Å². The molecule has 0 aromatic heterocycles. The van der Waals surface area contributed by atoms with E-state index in [1.807, 2.05) is 20.8 Å². The number of ether oxygens (including phenoxy) is 1. The summed E-state index contributed by atoms with van der Waals surface area (Å²) < 4.78 is 5.65. The monoisotopic (exact) mass is 214 g/mol. The fourth-order valence-corrected chi connectivity index (χ4v) is 1.45. The largest absolute Gasteiger partial charge is 0.459 e. The molecule has 0 radical (unpaired) electrons. The van der Waals surface area contributed by atoms with Crippen LogP contribution >= 0.6 is 0 Å². The van der Waals surface area contributed by atoms with E-state index < -0.39 is 0 Å². The Balaban J connectivity index is 4.50. The van der Waals surface area contributed by atoms with Gasteiger partial charge in [-0.1, -0.05) is 34.6 Å². The van der Waals surface area contributed by atoms with Crippen molar-refractivity contribution in [1.82, 2.24) is 0 Å². The number of carbonyl (C=O) groups excluding carboxylic acids is 1. The van der Waals surface area contributed by atoms with Gasteiger partial charge in [0.25, 0.3) is 0 Å². The van der Waals surface area contributed by atoms with E-state index in [4.69, 9.17) is 4.74 Å². The van der Waals surface area contributed by atoms with Crippen molar-refractivity contribution >= 4 is 5.97 Å². The number of rotatable bonds is 6. The molecule has 0 aliphatic rings. The summed E-state index contributed by atoms with van der Waals surface area (Å²) in [5, 5.41) is 0. The Morgan fingerprint density at radius 1 is 1.20 bits per heavy atom. The van der Waals surface area contributed by atoms with E-state index in [0.717, 1.165) is 19.3 Å². The first-order valence-electron chi connectivity index (χ1n) is 6.14. The molecule has 0 heterocycles. The number of hydrogen-bond acceptors (Lipinski definition) is 2. The predicted octanol–water partition coefficient (Wildman–Crippen LogP) is 3.79. The minimum absolute atomic E-state index is 0.0138. The summed E-state index contributed by atoms with van der Waals surface area (Å²) in [6.45, 7) is 12.3. The Hall–Kier alpha value is -0.530. The Morgan fingerprint density at radius 2 is 1.73 bits per heavy atom. The van der Waals surface area contributed by atoms with Gasteiger partial charge in [0.15, 0.2) is 0 Å². The van der Waals surface area contributed by atoms with Crippen molar-refractivity contribution in [2.75, 3.05) is 0 Å². The van der Waals surface area contributed by atoms with Crippen LogP contribution in [0, 0.1) is 11.8 Å². The van der Waals surface area contributed by atoms with Crippen molar-refractivity contribution in [2.24, 2.45) is 11.8 Å². The quantitative estimate of drug-likeness (QED) is 0.629. The first-order valence-corrected chi connectivity index (χ1v) is 6.14. The van der Waals surface area contributed by atoms with Gasteiger partial charge in [-0.2, -0.15) is 0 Å². The van der Waals surface area contributed by atoms with Crippen LogP contribution in [0.4, 0.5) is 0 Å². The number of carbonyl (C=O) groups is 1. The van der Waals surface area contributed by atoms with Crippen molar-refractivity contribution in [3.8, 4) is 0 Å². The number of hydrogen-bond donors (Lipinski definition) is 0. The second kappa shape index (κ2) is 6.14. The lowest BCUT2D eigenvalue weighted by atomic mass is 9.86. The summed E-state index contributed by atoms with van der Waals surface area (Å²) in [6, 6.07) is 0. The molecule has 15 heavy (non-hydrogen) atoms. The standard InChI is InChI=1S/C13H26O2/c1-7-10(4)12(14)15-13(6,9-3)11(5)8-2/h10-11H,7-9H2,1-6H3. The topological polar surface area (TPSA) is 26.3 Å². The molecule has 0 rings (SSSR count). The summed E-state index contributed by atoms with van der Waals surface area (Å²) in [4.78, 5) is 11.7. The molecule has 90 valence electrons. The minimum atomic E-state index is -0.296. The molecule has 0 aliphatic carbocycles. The molecule has 0 saturated heterocycles. The van der Waals surface area contributed by atoms with E-state index in [9.17, 15) is 4.79 Å². The van der Waals surface area contributed by atoms with E-state index >= 15 is 0 Å². The SMILES string of the molecule is CCC(C)C(=O)OC(C)(CC)C(C)CC. The zero-order valence-electron chi connectivity index (χ0n) is 11.1. The predicted molar refractivity (Wildman–Crippen MR) is 63.7 cm³/mol. The van der Waals surface area contributed by atoms with Gasteiger partial charge in [0, 0.05) is 0 Å². The van der Waals surface area contributed by atoms with Gasteiger partial charge >= 0.3 is 5.97 Å². The minimum Gasteiger partial charge on any atom is -0.459 e. The van der Waals surface area contributed by atoms with E-state index in [-0.39, 0.29) is 17.5 Å². The van der Waals surface area contributed by atoms with Gasteiger partial charge < -0.3 is 4.74 Å². The molecule has 0 amide bonds. The summed E-state index contributed by atoms with van der Waals surface area (Å²) in [5.74, 6) is 0.373. The van der Waals surface area contributed by atoms with E-state index in [2.05, 4.69) is 20.8 Å². The molecular weight excluding hydrogens is 188 g/mol. The molecule has 0 spiro atoms. The molecule has 0 aromatic carbocycles. The van der Waals surface area contributed by atoms with Gasteiger partial charge in [-0.05, 0) is 32.1 Å². The zero-order valence-corrected chi connectivity index (χ0v) is 11.1. The molecule has 0 saturated carbocycles. The van der Waals surface area contributed by atoms with Gasteiger partial charge in [0.05, 0.1) is 5.92 Å². The maximum atomic E-state index is 11.7. The molecule has 0 N–H and O–H groups in total. The molecule has 3 atom stereocenters. The zero-order chi connectivity index (χ0) is 12.1. The molecule has 3 unspecified atom stereocenters. The highest BCUT2D eigenvalue weighted by atomic mass is 16.6. The lowest BCUT2D eigenvalue weighted by Gasteiger charge is -2.34. The van der Waals surface area contributed by atoms with Crippen LogP contribution in [0.25, 0.3) is 0 Å². The highest BCUT2D eigenvalue weighted by molar-refractivity contribution is 5.72. The first kappa shape index (κ1) is 14.5. The maximum Gasteiger partial charge on any atom is 0.309 e. The second-order valence-corrected chi connectivity index (χ2v) is 4.71. The highest BCUT2D eigenvalue weighted by Crippen LogP contribution is 2.29. The molecule has 2 heteroatoms. The average molecular weight is 214 g/mol. The van der Waals surface area contributed by atoms with E-state index in [1.165, 1.54) is 0 Å². The van der Waals surface area contributed by atoms with Crippen LogP contribution < -0.4 is 0 Å². The molecule has 2 nitrogen and oxygen atoms in total. The van der Waals surface area contributed by atoms with E-state index in [1.54, 1.807) is 0 Å². The highest BCUT2D eigenvalue weighted by Gasteiger charge is 2.33. The number of esters is 1. The summed E-state index contributed by atoms with van der Waals surface area (Å²) >= 11 is 0. The second-order valence-electron chi connectivity index (χ2n) is 4.71. The van der Waals surface area contributed by atoms with Crippen molar-refractivity contribution < 1.29 is 9.53 Å². The van der Waals surface area contributed by atoms with Crippen molar-refractivity contribution in [2.45, 2.75) is 66.4 Å². The van der Waals surface area contributed by atoms with Crippen LogP contribution in [-0.4, -0.2) is 11.6 Å². The average Bonchev–Trinajstić information content (AvgIpc) is 2.26. The third kappa shape index (κ3) is 3.84. The molecule has 0 aliphatic heterocycles. The molecule has 0 bridgehead atoms. The smallest absolute Gasteiger partial charge is 0.309 e. The van der Waals surface area contributed by atoms with Gasteiger partial charge in [0.1, 0.15) is 5.60 Å². The normalized spacial score (nSPS) is 19.1. The van der Waals surface area contributed by atoms with Gasteiger partial charge in [0.2, 0.25) is 0 Å². The molecule has 0 fully saturated rings. The summed E-state index contributed by atoms with van der Waals surface area (Å²) in [5.41, 5.74) is -0.296. The van der Waals surface area contributed by atoms with Crippen LogP contribution in [0.3, 0.4) is 0 Å². The Morgan fingerprint density at radius 3 is 2.07 bits per heavy atom. The fourth-order valence-electron chi connectivity index (χ4n) is 1.45. The van der Waals surface area contributed by atoms with Gasteiger partial charge in [-0.25, -0.2) is 0 Å². The molecular formula is C13H26O2. The van der Waals surface area contributed by atoms with Crippen molar-refractivity contribution in [3.05, 3.63) is 0 Å². The summed E-state index contributed by atoms with van der Waals surface area (Å²) in [7, 11) is 0. The Labute approximate surface area is 94.4 Å². The third-order valence-electron chi connectivity index (χ3n) is 3.71. The lowest BCUT2D eigenvalue weighted by Crippen LogP contribution is -2.39. The van der Waals surface area contributed by atoms with Crippen molar-refractivity contribution in [3.63, 3.8) is 0 Å². The fraction of sp³-hybridized carbons (Fsp3) is 0.923. The summed E-state index contributed by atoms with van der Waals surface area (Å²) in [6.07, 6.45) is 2.77. The van der Waals surface area contributed by atoms with Crippen LogP contribution in [0.5, 0.6) is 0 Å². The van der Waals surface area contributed by atoms with Crippen molar-refractivity contribution in [1.29, 1.82) is 0 Å². The van der Waals surface area contributed by atoms with Crippen LogP contribution in [-0.2, 0) is 9.53 Å². The van der Waals surface area contributed by atoms with E-state index in [0.29, 0.717) is 5.92 Å². The Bertz CT molecular complexity index is 201. The lowest BCUT2D eigenvalue weighted by molar-refractivity contribution is -0.168. The van der Waals surface area contributed by atoms with Crippen LogP contribution in [0.2, 0.25) is 0 Å². The van der Waals surface area contributed by atoms with Crippen LogP contribution in [0.15, 0.2) is 0 Å². The first-order chi connectivity index (χ1) is 6.91. The van der Waals surface area contributed by atoms with Gasteiger partial charge in [-0.3, -0.25) is 4.79 Å². The van der Waals surface area contributed by atoms with Gasteiger partial charge in [-0.15, -0.1) is 0 Å². The third-order valence-corrected chi connectivity index (χ3v) is 3.71.